The van der Waals surface area contributed by atoms with Crippen LogP contribution in [-0.4, -0.2) is 13.2 Å². The van der Waals surface area contributed by atoms with E-state index in [2.05, 4.69) is 19.1 Å². The molecule has 0 radical (unpaired) electrons. The molecule has 14 heavy (non-hydrogen) atoms. The third-order valence-corrected chi connectivity index (χ3v) is 2.95. The van der Waals surface area contributed by atoms with E-state index in [0.29, 0.717) is 6.61 Å². The van der Waals surface area contributed by atoms with Crippen molar-refractivity contribution in [2.75, 3.05) is 13.2 Å². The summed E-state index contributed by atoms with van der Waals surface area (Å²) in [6.07, 6.45) is 2.09. The van der Waals surface area contributed by atoms with Gasteiger partial charge in [0.2, 0.25) is 0 Å². The molecule has 1 fully saturated rings. The minimum atomic E-state index is -0.260. The summed E-state index contributed by atoms with van der Waals surface area (Å²) in [6.45, 7) is 3.61. The van der Waals surface area contributed by atoms with Crippen LogP contribution in [0, 0.1) is 6.92 Å². The molecular formula is C12H17NO. The molecule has 2 rings (SSSR count). The highest BCUT2D eigenvalue weighted by molar-refractivity contribution is 5.32. The molecule has 1 aromatic carbocycles. The maximum absolute atomic E-state index is 6.36. The molecule has 2 nitrogen and oxygen atoms in total. The van der Waals surface area contributed by atoms with Gasteiger partial charge in [0.1, 0.15) is 0 Å². The van der Waals surface area contributed by atoms with Gasteiger partial charge in [0.15, 0.2) is 0 Å². The molecule has 1 heterocycles. The van der Waals surface area contributed by atoms with Gasteiger partial charge >= 0.3 is 0 Å². The fraction of sp³-hybridized carbons (Fsp3) is 0.500. The number of hydrogen-bond donors (Lipinski definition) is 1. The van der Waals surface area contributed by atoms with Gasteiger partial charge in [-0.05, 0) is 30.9 Å². The van der Waals surface area contributed by atoms with E-state index in [4.69, 9.17) is 10.5 Å². The van der Waals surface area contributed by atoms with Gasteiger partial charge < -0.3 is 10.5 Å². The molecule has 2 N–H and O–H groups in total. The monoisotopic (exact) mass is 191 g/mol. The molecule has 1 aromatic rings. The normalized spacial score (nSPS) is 27.6. The molecule has 0 spiro atoms. The summed E-state index contributed by atoms with van der Waals surface area (Å²) in [5.41, 5.74) is 8.60. The van der Waals surface area contributed by atoms with Crippen LogP contribution >= 0.6 is 0 Å². The summed E-state index contributed by atoms with van der Waals surface area (Å²) in [4.78, 5) is 0. The number of hydrogen-bond acceptors (Lipinski definition) is 2. The van der Waals surface area contributed by atoms with Crippen molar-refractivity contribution in [3.8, 4) is 0 Å². The zero-order valence-corrected chi connectivity index (χ0v) is 8.62. The Morgan fingerprint density at radius 2 is 2.14 bits per heavy atom. The second-order valence-electron chi connectivity index (χ2n) is 4.13. The van der Waals surface area contributed by atoms with Gasteiger partial charge in [0.05, 0.1) is 12.1 Å². The second kappa shape index (κ2) is 3.71. The molecule has 0 saturated carbocycles. The first-order valence-corrected chi connectivity index (χ1v) is 5.15. The number of rotatable bonds is 1. The van der Waals surface area contributed by atoms with Crippen molar-refractivity contribution < 1.29 is 4.74 Å². The zero-order chi connectivity index (χ0) is 10.0. The molecule has 0 aromatic heterocycles. The highest BCUT2D eigenvalue weighted by Crippen LogP contribution is 2.29. The van der Waals surface area contributed by atoms with E-state index >= 15 is 0 Å². The Morgan fingerprint density at radius 3 is 2.79 bits per heavy atom. The molecule has 2 heteroatoms. The standard InChI is InChI=1S/C12H17NO/c1-10-5-2-3-6-11(10)12(13)7-4-8-14-9-12/h2-3,5-6H,4,7-9,13H2,1H3. The van der Waals surface area contributed by atoms with E-state index in [9.17, 15) is 0 Å². The van der Waals surface area contributed by atoms with Crippen molar-refractivity contribution in [3.05, 3.63) is 35.4 Å². The van der Waals surface area contributed by atoms with Crippen LogP contribution in [0.25, 0.3) is 0 Å². The van der Waals surface area contributed by atoms with E-state index in [1.807, 2.05) is 12.1 Å². The van der Waals surface area contributed by atoms with Gasteiger partial charge in [-0.15, -0.1) is 0 Å². The van der Waals surface area contributed by atoms with Crippen molar-refractivity contribution in [2.24, 2.45) is 5.73 Å². The van der Waals surface area contributed by atoms with Gasteiger partial charge in [0.25, 0.3) is 0 Å². The maximum atomic E-state index is 6.36. The molecule has 1 aliphatic rings. The van der Waals surface area contributed by atoms with Gasteiger partial charge in [-0.1, -0.05) is 24.3 Å². The lowest BCUT2D eigenvalue weighted by Crippen LogP contribution is -2.44. The SMILES string of the molecule is Cc1ccccc1C1(N)CCCOC1. The van der Waals surface area contributed by atoms with Crippen molar-refractivity contribution in [3.63, 3.8) is 0 Å². The van der Waals surface area contributed by atoms with E-state index in [-0.39, 0.29) is 5.54 Å². The number of nitrogens with two attached hydrogens (primary N) is 1. The Bertz CT molecular complexity index is 316. The lowest BCUT2D eigenvalue weighted by molar-refractivity contribution is 0.0364. The number of aryl methyl sites for hydroxylation is 1. The number of benzene rings is 1. The van der Waals surface area contributed by atoms with Crippen LogP contribution in [0.5, 0.6) is 0 Å². The second-order valence-corrected chi connectivity index (χ2v) is 4.13. The van der Waals surface area contributed by atoms with E-state index in [1.54, 1.807) is 0 Å². The Morgan fingerprint density at radius 1 is 1.36 bits per heavy atom. The van der Waals surface area contributed by atoms with Crippen molar-refractivity contribution in [1.82, 2.24) is 0 Å². The first-order valence-electron chi connectivity index (χ1n) is 5.15. The van der Waals surface area contributed by atoms with Crippen LogP contribution in [0.15, 0.2) is 24.3 Å². The van der Waals surface area contributed by atoms with E-state index in [1.165, 1.54) is 11.1 Å². The summed E-state index contributed by atoms with van der Waals surface area (Å²) >= 11 is 0. The first-order chi connectivity index (χ1) is 6.72. The molecule has 1 saturated heterocycles. The van der Waals surface area contributed by atoms with Crippen LogP contribution in [0.4, 0.5) is 0 Å². The highest BCUT2D eigenvalue weighted by Gasteiger charge is 2.31. The van der Waals surface area contributed by atoms with Gasteiger partial charge in [-0.2, -0.15) is 0 Å². The van der Waals surface area contributed by atoms with Crippen LogP contribution in [0.2, 0.25) is 0 Å². The summed E-state index contributed by atoms with van der Waals surface area (Å²) in [7, 11) is 0. The van der Waals surface area contributed by atoms with Crippen LogP contribution in [0.1, 0.15) is 24.0 Å². The van der Waals surface area contributed by atoms with E-state index < -0.39 is 0 Å². The molecule has 0 amide bonds. The summed E-state index contributed by atoms with van der Waals surface area (Å²) in [5.74, 6) is 0. The van der Waals surface area contributed by atoms with Gasteiger partial charge in [-0.25, -0.2) is 0 Å². The topological polar surface area (TPSA) is 35.2 Å². The lowest BCUT2D eigenvalue weighted by atomic mass is 9.83. The Balaban J connectivity index is 2.32. The molecular weight excluding hydrogens is 174 g/mol. The molecule has 1 unspecified atom stereocenters. The van der Waals surface area contributed by atoms with Crippen LogP contribution in [0.3, 0.4) is 0 Å². The predicted octanol–water partition coefficient (Wildman–Crippen LogP) is 1.96. The fourth-order valence-corrected chi connectivity index (χ4v) is 2.16. The first kappa shape index (κ1) is 9.69. The maximum Gasteiger partial charge on any atom is 0.0688 e. The van der Waals surface area contributed by atoms with Gasteiger partial charge in [0, 0.05) is 6.61 Å². The van der Waals surface area contributed by atoms with Crippen molar-refractivity contribution in [1.29, 1.82) is 0 Å². The van der Waals surface area contributed by atoms with Crippen LogP contribution in [-0.2, 0) is 10.3 Å². The minimum Gasteiger partial charge on any atom is -0.379 e. The smallest absolute Gasteiger partial charge is 0.0688 e. The Kier molecular flexibility index (Phi) is 2.57. The summed E-state index contributed by atoms with van der Waals surface area (Å²) < 4.78 is 5.47. The minimum absolute atomic E-state index is 0.260. The Hall–Kier alpha value is -0.860. The largest absolute Gasteiger partial charge is 0.379 e. The molecule has 0 bridgehead atoms. The molecule has 1 atom stereocenters. The summed E-state index contributed by atoms with van der Waals surface area (Å²) in [5, 5.41) is 0. The lowest BCUT2D eigenvalue weighted by Gasteiger charge is -2.34. The van der Waals surface area contributed by atoms with Crippen molar-refractivity contribution >= 4 is 0 Å². The molecule has 0 aliphatic carbocycles. The average Bonchev–Trinajstić information content (AvgIpc) is 2.19. The molecule has 76 valence electrons. The quantitative estimate of drug-likeness (QED) is 0.736. The highest BCUT2D eigenvalue weighted by atomic mass is 16.5. The zero-order valence-electron chi connectivity index (χ0n) is 8.62. The third-order valence-electron chi connectivity index (χ3n) is 2.95. The fourth-order valence-electron chi connectivity index (χ4n) is 2.16. The van der Waals surface area contributed by atoms with Gasteiger partial charge in [-0.3, -0.25) is 0 Å². The number of ether oxygens (including phenoxy) is 1. The molecule has 1 aliphatic heterocycles. The third kappa shape index (κ3) is 1.68. The van der Waals surface area contributed by atoms with Crippen LogP contribution < -0.4 is 5.73 Å². The predicted molar refractivity (Wildman–Crippen MR) is 57.1 cm³/mol. The van der Waals surface area contributed by atoms with E-state index in [0.717, 1.165) is 19.4 Å². The summed E-state index contributed by atoms with van der Waals surface area (Å²) in [6, 6.07) is 8.32. The average molecular weight is 191 g/mol. The van der Waals surface area contributed by atoms with Crippen molar-refractivity contribution in [2.45, 2.75) is 25.3 Å². The Labute approximate surface area is 85.1 Å².